The van der Waals surface area contributed by atoms with E-state index < -0.39 is 38.4 Å². The summed E-state index contributed by atoms with van der Waals surface area (Å²) in [4.78, 5) is 24.0. The lowest BCUT2D eigenvalue weighted by Gasteiger charge is -2.33. The van der Waals surface area contributed by atoms with Crippen molar-refractivity contribution >= 4 is 27.1 Å². The van der Waals surface area contributed by atoms with Gasteiger partial charge in [-0.1, -0.05) is 6.92 Å². The molecule has 2 heterocycles. The fraction of sp³-hybridized carbons (Fsp3) is 0.429. The molecule has 2 aromatic rings. The molecule has 0 radical (unpaired) electrons. The summed E-state index contributed by atoms with van der Waals surface area (Å²) in [6.07, 6.45) is 0.357. The molecular weight excluding hydrogens is 343 g/mol. The van der Waals surface area contributed by atoms with Gasteiger partial charge in [0.15, 0.2) is 5.58 Å². The lowest BCUT2D eigenvalue weighted by atomic mass is 9.92. The first kappa shape index (κ1) is 16.7. The van der Waals surface area contributed by atoms with E-state index in [2.05, 4.69) is 4.98 Å². The Bertz CT molecular complexity index is 963. The van der Waals surface area contributed by atoms with Crippen LogP contribution in [-0.2, 0) is 14.8 Å². The van der Waals surface area contributed by atoms with Gasteiger partial charge in [0, 0.05) is 25.2 Å². The number of halogens is 1. The van der Waals surface area contributed by atoms with Crippen LogP contribution in [-0.4, -0.2) is 41.9 Å². The number of sulfonamides is 1. The summed E-state index contributed by atoms with van der Waals surface area (Å²) in [5.41, 5.74) is -0.0355. The average Bonchev–Trinajstić information content (AvgIpc) is 2.84. The number of nitrogens with one attached hydrogen (secondary N) is 1. The summed E-state index contributed by atoms with van der Waals surface area (Å²) in [5, 5.41) is 9.16. The number of hydrogen-bond acceptors (Lipinski definition) is 5. The molecule has 2 atom stereocenters. The Kier molecular flexibility index (Phi) is 3.96. The van der Waals surface area contributed by atoms with E-state index in [1.165, 1.54) is 0 Å². The van der Waals surface area contributed by atoms with Gasteiger partial charge in [-0.05, 0) is 12.3 Å². The number of fused-ring (bicyclic) bond motifs is 1. The molecule has 24 heavy (non-hydrogen) atoms. The number of aliphatic carboxylic acids is 1. The predicted molar refractivity (Wildman–Crippen MR) is 80.5 cm³/mol. The van der Waals surface area contributed by atoms with E-state index in [9.17, 15) is 22.4 Å². The minimum absolute atomic E-state index is 0.0480. The van der Waals surface area contributed by atoms with E-state index in [0.717, 1.165) is 16.4 Å². The molecule has 1 aliphatic heterocycles. The third-order valence-corrected chi connectivity index (χ3v) is 5.91. The van der Waals surface area contributed by atoms with E-state index in [1.807, 2.05) is 0 Å². The van der Waals surface area contributed by atoms with Crippen LogP contribution in [0.15, 0.2) is 26.2 Å². The second-order valence-corrected chi connectivity index (χ2v) is 7.90. The molecule has 1 aromatic heterocycles. The first-order valence-electron chi connectivity index (χ1n) is 7.24. The maximum absolute atomic E-state index is 14.2. The van der Waals surface area contributed by atoms with Gasteiger partial charge in [0.25, 0.3) is 0 Å². The van der Waals surface area contributed by atoms with Crippen molar-refractivity contribution in [2.24, 2.45) is 11.8 Å². The number of piperidine rings is 1. The highest BCUT2D eigenvalue weighted by molar-refractivity contribution is 7.89. The second-order valence-electron chi connectivity index (χ2n) is 5.99. The molecule has 130 valence electrons. The molecule has 2 unspecified atom stereocenters. The monoisotopic (exact) mass is 358 g/mol. The first-order chi connectivity index (χ1) is 11.2. The van der Waals surface area contributed by atoms with Crippen molar-refractivity contribution in [3.8, 4) is 0 Å². The Labute approximate surface area is 135 Å². The smallest absolute Gasteiger partial charge is 0.417 e. The van der Waals surface area contributed by atoms with Crippen molar-refractivity contribution in [1.29, 1.82) is 0 Å². The van der Waals surface area contributed by atoms with E-state index in [0.29, 0.717) is 6.42 Å². The third kappa shape index (κ3) is 2.82. The van der Waals surface area contributed by atoms with E-state index in [-0.39, 0.29) is 30.1 Å². The van der Waals surface area contributed by atoms with Crippen LogP contribution in [0, 0.1) is 17.7 Å². The van der Waals surface area contributed by atoms with Gasteiger partial charge in [-0.3, -0.25) is 9.78 Å². The highest BCUT2D eigenvalue weighted by Crippen LogP contribution is 2.29. The van der Waals surface area contributed by atoms with Crippen molar-refractivity contribution < 1.29 is 27.1 Å². The molecule has 0 amide bonds. The van der Waals surface area contributed by atoms with Gasteiger partial charge >= 0.3 is 11.7 Å². The lowest BCUT2D eigenvalue weighted by molar-refractivity contribution is -0.143. The molecular formula is C14H15FN2O6S. The maximum Gasteiger partial charge on any atom is 0.417 e. The Morgan fingerprint density at radius 1 is 1.42 bits per heavy atom. The molecule has 0 spiro atoms. The number of carboxylic acids is 1. The van der Waals surface area contributed by atoms with Gasteiger partial charge in [-0.15, -0.1) is 0 Å². The van der Waals surface area contributed by atoms with Crippen LogP contribution < -0.4 is 5.76 Å². The van der Waals surface area contributed by atoms with Crippen molar-refractivity contribution in [3.05, 3.63) is 28.5 Å². The number of nitrogens with zero attached hydrogens (tertiary/aromatic N) is 1. The topological polar surface area (TPSA) is 121 Å². The standard InChI is InChI=1S/C14H15FN2O6S/c1-7-2-8(13(18)19)6-17(5-7)24(21,22)12-4-11-10(3-9(12)15)16-14(20)23-11/h3-4,7-8H,2,5-6H2,1H3,(H,16,20)(H,18,19). The van der Waals surface area contributed by atoms with Gasteiger partial charge in [0.2, 0.25) is 10.0 Å². The summed E-state index contributed by atoms with van der Waals surface area (Å²) in [5.74, 6) is -3.97. The number of oxazole rings is 1. The molecule has 10 heteroatoms. The molecule has 1 aromatic carbocycles. The second kappa shape index (κ2) is 5.71. The summed E-state index contributed by atoms with van der Waals surface area (Å²) in [6, 6.07) is 1.81. The molecule has 0 aliphatic carbocycles. The molecule has 0 saturated carbocycles. The third-order valence-electron chi connectivity index (χ3n) is 4.07. The van der Waals surface area contributed by atoms with Gasteiger partial charge in [0.1, 0.15) is 10.7 Å². The number of H-pyrrole nitrogens is 1. The van der Waals surface area contributed by atoms with Gasteiger partial charge in [-0.2, -0.15) is 4.31 Å². The normalized spacial score (nSPS) is 22.8. The first-order valence-corrected chi connectivity index (χ1v) is 8.68. The van der Waals surface area contributed by atoms with Crippen LogP contribution in [0.4, 0.5) is 4.39 Å². The summed E-state index contributed by atoms with van der Waals surface area (Å²) >= 11 is 0. The SMILES string of the molecule is CC1CC(C(=O)O)CN(S(=O)(=O)c2cc3oc(=O)[nH]c3cc2F)C1. The maximum atomic E-state index is 14.2. The zero-order valence-corrected chi connectivity index (χ0v) is 13.5. The summed E-state index contributed by atoms with van der Waals surface area (Å²) in [6.45, 7) is 1.61. The summed E-state index contributed by atoms with van der Waals surface area (Å²) < 4.78 is 45.5. The minimum Gasteiger partial charge on any atom is -0.481 e. The van der Waals surface area contributed by atoms with Gasteiger partial charge in [-0.25, -0.2) is 17.6 Å². The molecule has 2 N–H and O–H groups in total. The zero-order valence-electron chi connectivity index (χ0n) is 12.7. The molecule has 0 bridgehead atoms. The zero-order chi connectivity index (χ0) is 17.6. The van der Waals surface area contributed by atoms with Crippen LogP contribution in [0.25, 0.3) is 11.1 Å². The number of aromatic amines is 1. The van der Waals surface area contributed by atoms with E-state index >= 15 is 0 Å². The summed E-state index contributed by atoms with van der Waals surface area (Å²) in [7, 11) is -4.26. The van der Waals surface area contributed by atoms with Crippen molar-refractivity contribution in [1.82, 2.24) is 9.29 Å². The van der Waals surface area contributed by atoms with Crippen LogP contribution in [0.2, 0.25) is 0 Å². The Balaban J connectivity index is 2.05. The largest absolute Gasteiger partial charge is 0.481 e. The fourth-order valence-corrected chi connectivity index (χ4v) is 4.63. The Morgan fingerprint density at radius 3 is 2.79 bits per heavy atom. The number of carbonyl (C=O) groups is 1. The Morgan fingerprint density at radius 2 is 2.12 bits per heavy atom. The Hall–Kier alpha value is -2.20. The predicted octanol–water partition coefficient (Wildman–Crippen LogP) is 0.992. The number of hydrogen-bond donors (Lipinski definition) is 2. The number of carboxylic acid groups (broad SMARTS) is 1. The molecule has 8 nitrogen and oxygen atoms in total. The lowest BCUT2D eigenvalue weighted by Crippen LogP contribution is -2.45. The molecule has 1 aliphatic rings. The van der Waals surface area contributed by atoms with Crippen molar-refractivity contribution in [2.45, 2.75) is 18.2 Å². The van der Waals surface area contributed by atoms with Crippen LogP contribution in [0.5, 0.6) is 0 Å². The highest BCUT2D eigenvalue weighted by atomic mass is 32.2. The van der Waals surface area contributed by atoms with Gasteiger partial charge in [0.05, 0.1) is 11.4 Å². The minimum atomic E-state index is -4.26. The molecule has 1 saturated heterocycles. The van der Waals surface area contributed by atoms with Crippen molar-refractivity contribution in [2.75, 3.05) is 13.1 Å². The number of rotatable bonds is 3. The fourth-order valence-electron chi connectivity index (χ4n) is 2.97. The van der Waals surface area contributed by atoms with Crippen LogP contribution in [0.3, 0.4) is 0 Å². The van der Waals surface area contributed by atoms with E-state index in [1.54, 1.807) is 6.92 Å². The van der Waals surface area contributed by atoms with Crippen molar-refractivity contribution in [3.63, 3.8) is 0 Å². The quantitative estimate of drug-likeness (QED) is 0.844. The van der Waals surface area contributed by atoms with Crippen LogP contribution in [0.1, 0.15) is 13.3 Å². The van der Waals surface area contributed by atoms with E-state index in [4.69, 9.17) is 9.52 Å². The highest BCUT2D eigenvalue weighted by Gasteiger charge is 2.37. The molecule has 1 fully saturated rings. The number of aromatic nitrogens is 1. The molecule has 3 rings (SSSR count). The van der Waals surface area contributed by atoms with Gasteiger partial charge < -0.3 is 9.52 Å². The number of benzene rings is 1. The van der Waals surface area contributed by atoms with Crippen LogP contribution >= 0.6 is 0 Å². The average molecular weight is 358 g/mol.